The fraction of sp³-hybridized carbons (Fsp3) is 0.364. The lowest BCUT2D eigenvalue weighted by Gasteiger charge is -2.22. The number of hydrogen-bond acceptors (Lipinski definition) is 7. The van der Waals surface area contributed by atoms with Crippen LogP contribution in [0.4, 0.5) is 5.13 Å². The molecule has 2 aromatic carbocycles. The number of fused-ring (bicyclic) bond motifs is 1. The molecule has 1 heterocycles. The van der Waals surface area contributed by atoms with Crippen molar-refractivity contribution in [3.05, 3.63) is 48.0 Å². The molecule has 0 aliphatic carbocycles. The van der Waals surface area contributed by atoms with E-state index in [0.29, 0.717) is 23.8 Å². The van der Waals surface area contributed by atoms with E-state index in [-0.39, 0.29) is 23.2 Å². The minimum absolute atomic E-state index is 0. The summed E-state index contributed by atoms with van der Waals surface area (Å²) in [6.07, 6.45) is 2.00. The van der Waals surface area contributed by atoms with Crippen molar-refractivity contribution in [3.8, 4) is 0 Å². The Labute approximate surface area is 204 Å². The molecule has 3 aromatic rings. The zero-order valence-corrected chi connectivity index (χ0v) is 22.0. The summed E-state index contributed by atoms with van der Waals surface area (Å²) in [4.78, 5) is 23.2. The highest BCUT2D eigenvalue weighted by Crippen LogP contribution is 2.34. The highest BCUT2D eigenvalue weighted by molar-refractivity contribution is 7.98. The largest absolute Gasteiger partial charge is 0.308 e. The first-order valence-electron chi connectivity index (χ1n) is 9.89. The van der Waals surface area contributed by atoms with Crippen molar-refractivity contribution in [2.75, 3.05) is 38.3 Å². The third-order valence-electron chi connectivity index (χ3n) is 4.87. The van der Waals surface area contributed by atoms with Gasteiger partial charge in [-0.15, -0.1) is 24.2 Å². The number of aromatic nitrogens is 1. The SMILES string of the molecule is CSc1cccc2sc(N(CCN(C)C)C(=O)c3cccc(S(=O)(=O)C(C)C)c3)nc12.Cl. The molecule has 0 saturated carbocycles. The smallest absolute Gasteiger partial charge is 0.260 e. The minimum Gasteiger partial charge on any atom is -0.308 e. The van der Waals surface area contributed by atoms with Crippen molar-refractivity contribution in [2.24, 2.45) is 0 Å². The fourth-order valence-electron chi connectivity index (χ4n) is 3.01. The molecular formula is C22H28ClN3O3S3. The Balaban J connectivity index is 0.00000363. The van der Waals surface area contributed by atoms with E-state index in [1.807, 2.05) is 43.5 Å². The van der Waals surface area contributed by atoms with Gasteiger partial charge in [-0.2, -0.15) is 0 Å². The summed E-state index contributed by atoms with van der Waals surface area (Å²) in [6.45, 7) is 4.37. The summed E-state index contributed by atoms with van der Waals surface area (Å²) in [5, 5.41) is 0.0531. The second-order valence-corrected chi connectivity index (χ2v) is 12.0. The summed E-state index contributed by atoms with van der Waals surface area (Å²) < 4.78 is 26.2. The topological polar surface area (TPSA) is 70.6 Å². The molecule has 0 radical (unpaired) electrons. The van der Waals surface area contributed by atoms with Crippen molar-refractivity contribution in [1.29, 1.82) is 0 Å². The predicted octanol–water partition coefficient (Wildman–Crippen LogP) is 4.83. The molecule has 0 atom stereocenters. The third-order valence-corrected chi connectivity index (χ3v) is 8.83. The Morgan fingerprint density at radius 1 is 1.12 bits per heavy atom. The average molecular weight is 514 g/mol. The van der Waals surface area contributed by atoms with Crippen LogP contribution in [0.25, 0.3) is 10.2 Å². The molecule has 1 aromatic heterocycles. The number of likely N-dealkylation sites (N-methyl/N-ethyl adjacent to an activating group) is 1. The normalized spacial score (nSPS) is 11.7. The Morgan fingerprint density at radius 3 is 2.44 bits per heavy atom. The van der Waals surface area contributed by atoms with Crippen LogP contribution in [-0.2, 0) is 9.84 Å². The van der Waals surface area contributed by atoms with Gasteiger partial charge in [-0.25, -0.2) is 13.4 Å². The predicted molar refractivity (Wildman–Crippen MR) is 138 cm³/mol. The lowest BCUT2D eigenvalue weighted by atomic mass is 10.2. The van der Waals surface area contributed by atoms with Crippen LogP contribution in [0.3, 0.4) is 0 Å². The zero-order chi connectivity index (χ0) is 22.8. The molecule has 0 bridgehead atoms. The first kappa shape index (κ1) is 26.6. The maximum Gasteiger partial charge on any atom is 0.260 e. The number of carbonyl (C=O) groups is 1. The first-order chi connectivity index (χ1) is 14.6. The molecular weight excluding hydrogens is 486 g/mol. The number of hydrogen-bond donors (Lipinski definition) is 0. The quantitative estimate of drug-likeness (QED) is 0.402. The Morgan fingerprint density at radius 2 is 1.81 bits per heavy atom. The van der Waals surface area contributed by atoms with Gasteiger partial charge in [0.25, 0.3) is 5.91 Å². The molecule has 0 spiro atoms. The molecule has 0 saturated heterocycles. The van der Waals surface area contributed by atoms with Gasteiger partial charge < -0.3 is 4.90 Å². The Kier molecular flexibility index (Phi) is 9.13. The van der Waals surface area contributed by atoms with Gasteiger partial charge in [-0.1, -0.05) is 23.5 Å². The standard InChI is InChI=1S/C22H27N3O3S3.ClH/c1-15(2)31(27,28)17-9-6-8-16(14-17)21(26)25(13-12-24(3)4)22-23-20-18(29-5)10-7-11-19(20)30-22;/h6-11,14-15H,12-13H2,1-5H3;1H. The van der Waals surface area contributed by atoms with E-state index in [1.165, 1.54) is 17.4 Å². The molecule has 10 heteroatoms. The number of thiazole rings is 1. The second kappa shape index (κ2) is 11.0. The number of halogens is 1. The summed E-state index contributed by atoms with van der Waals surface area (Å²) >= 11 is 3.09. The van der Waals surface area contributed by atoms with Gasteiger partial charge in [0.15, 0.2) is 15.0 Å². The number of sulfone groups is 1. The van der Waals surface area contributed by atoms with Crippen LogP contribution in [0.5, 0.6) is 0 Å². The maximum atomic E-state index is 13.5. The van der Waals surface area contributed by atoms with Crippen LogP contribution in [0.1, 0.15) is 24.2 Å². The van der Waals surface area contributed by atoms with Gasteiger partial charge in [0.2, 0.25) is 0 Å². The van der Waals surface area contributed by atoms with Gasteiger partial charge in [-0.3, -0.25) is 9.69 Å². The van der Waals surface area contributed by atoms with Gasteiger partial charge in [0.05, 0.1) is 20.4 Å². The molecule has 0 fully saturated rings. The highest BCUT2D eigenvalue weighted by atomic mass is 35.5. The van der Waals surface area contributed by atoms with Crippen LogP contribution in [0.15, 0.2) is 52.3 Å². The molecule has 3 rings (SSSR count). The van der Waals surface area contributed by atoms with Crippen LogP contribution >= 0.6 is 35.5 Å². The van der Waals surface area contributed by atoms with Crippen LogP contribution in [0.2, 0.25) is 0 Å². The molecule has 32 heavy (non-hydrogen) atoms. The molecule has 174 valence electrons. The van der Waals surface area contributed by atoms with Gasteiger partial charge in [-0.05, 0) is 64.5 Å². The lowest BCUT2D eigenvalue weighted by Crippen LogP contribution is -2.36. The average Bonchev–Trinajstić information content (AvgIpc) is 3.17. The number of amides is 1. The van der Waals surface area contributed by atoms with E-state index in [1.54, 1.807) is 48.7 Å². The monoisotopic (exact) mass is 513 g/mol. The number of para-hydroxylation sites is 1. The Hall–Kier alpha value is -1.65. The maximum absolute atomic E-state index is 13.5. The van der Waals surface area contributed by atoms with E-state index >= 15 is 0 Å². The minimum atomic E-state index is -3.47. The summed E-state index contributed by atoms with van der Waals surface area (Å²) in [6, 6.07) is 12.3. The number of rotatable bonds is 8. The molecule has 0 aliphatic heterocycles. The Bertz CT molecular complexity index is 1190. The van der Waals surface area contributed by atoms with Crippen LogP contribution in [-0.4, -0.2) is 62.9 Å². The van der Waals surface area contributed by atoms with E-state index in [0.717, 1.165) is 15.1 Å². The van der Waals surface area contributed by atoms with Gasteiger partial charge in [0.1, 0.15) is 0 Å². The molecule has 0 unspecified atom stereocenters. The van der Waals surface area contributed by atoms with Crippen molar-refractivity contribution >= 4 is 66.6 Å². The summed E-state index contributed by atoms with van der Waals surface area (Å²) in [5.41, 5.74) is 1.22. The lowest BCUT2D eigenvalue weighted by molar-refractivity contribution is 0.0985. The second-order valence-electron chi connectivity index (χ2n) is 7.69. The number of anilines is 1. The van der Waals surface area contributed by atoms with E-state index in [4.69, 9.17) is 4.98 Å². The molecule has 0 aliphatic rings. The van der Waals surface area contributed by atoms with Crippen LogP contribution in [0, 0.1) is 0 Å². The molecule has 0 N–H and O–H groups in total. The van der Waals surface area contributed by atoms with Crippen molar-refractivity contribution < 1.29 is 13.2 Å². The zero-order valence-electron chi connectivity index (χ0n) is 18.7. The molecule has 6 nitrogen and oxygen atoms in total. The van der Waals surface area contributed by atoms with E-state index in [2.05, 4.69) is 0 Å². The number of benzene rings is 2. The number of nitrogens with zero attached hydrogens (tertiary/aromatic N) is 3. The fourth-order valence-corrected chi connectivity index (χ4v) is 5.76. The number of carbonyl (C=O) groups excluding carboxylic acids is 1. The summed E-state index contributed by atoms with van der Waals surface area (Å²) in [7, 11) is 0.421. The summed E-state index contributed by atoms with van der Waals surface area (Å²) in [5.74, 6) is -0.257. The highest BCUT2D eigenvalue weighted by Gasteiger charge is 2.25. The van der Waals surface area contributed by atoms with Crippen molar-refractivity contribution in [3.63, 3.8) is 0 Å². The van der Waals surface area contributed by atoms with E-state index in [9.17, 15) is 13.2 Å². The van der Waals surface area contributed by atoms with Gasteiger partial charge in [0, 0.05) is 23.5 Å². The van der Waals surface area contributed by atoms with Crippen molar-refractivity contribution in [1.82, 2.24) is 9.88 Å². The number of thioether (sulfide) groups is 1. The van der Waals surface area contributed by atoms with E-state index < -0.39 is 15.1 Å². The van der Waals surface area contributed by atoms with Gasteiger partial charge >= 0.3 is 0 Å². The first-order valence-corrected chi connectivity index (χ1v) is 13.5. The third kappa shape index (κ3) is 5.63. The van der Waals surface area contributed by atoms with Crippen LogP contribution < -0.4 is 4.90 Å². The molecule has 1 amide bonds. The van der Waals surface area contributed by atoms with Crippen molar-refractivity contribution in [2.45, 2.75) is 28.9 Å².